The third-order valence-corrected chi connectivity index (χ3v) is 5.73. The number of hydrogen-bond donors (Lipinski definition) is 0. The molecular weight excluding hydrogens is 244 g/mol. The van der Waals surface area contributed by atoms with Crippen molar-refractivity contribution in [1.29, 1.82) is 0 Å². The Labute approximate surface area is 127 Å². The summed E-state index contributed by atoms with van der Waals surface area (Å²) in [5, 5.41) is 0. The van der Waals surface area contributed by atoms with Gasteiger partial charge in [-0.15, -0.1) is 0 Å². The quantitative estimate of drug-likeness (QED) is 0.553. The van der Waals surface area contributed by atoms with E-state index in [0.717, 1.165) is 12.5 Å². The van der Waals surface area contributed by atoms with Crippen LogP contribution in [0.4, 0.5) is 0 Å². The standard InChI is InChI=1S/C19H37O/c1-8-11-18(7,15(2)3)14-20-19(16(4)5)12-9-10-17(6)13-19/h16-17H,8-14H2,1-7H3. The Morgan fingerprint density at radius 3 is 2.45 bits per heavy atom. The molecule has 0 aliphatic heterocycles. The average molecular weight is 282 g/mol. The monoisotopic (exact) mass is 281 g/mol. The second-order valence-corrected chi connectivity index (χ2v) is 8.02. The second-order valence-electron chi connectivity index (χ2n) is 8.02. The smallest absolute Gasteiger partial charge is 0.0708 e. The van der Waals surface area contributed by atoms with E-state index in [0.29, 0.717) is 5.92 Å². The summed E-state index contributed by atoms with van der Waals surface area (Å²) in [5.74, 6) is 2.95. The molecule has 0 saturated heterocycles. The number of rotatable bonds is 7. The maximum absolute atomic E-state index is 6.66. The first-order valence-corrected chi connectivity index (χ1v) is 8.70. The molecule has 1 heteroatoms. The van der Waals surface area contributed by atoms with Crippen LogP contribution in [0, 0.1) is 23.2 Å². The minimum Gasteiger partial charge on any atom is -0.374 e. The normalized spacial score (nSPS) is 30.8. The maximum Gasteiger partial charge on any atom is 0.0708 e. The first-order chi connectivity index (χ1) is 9.26. The van der Waals surface area contributed by atoms with Gasteiger partial charge in [0.05, 0.1) is 12.2 Å². The van der Waals surface area contributed by atoms with Crippen LogP contribution in [0.15, 0.2) is 0 Å². The molecule has 0 spiro atoms. The Hall–Kier alpha value is -0.0400. The second kappa shape index (κ2) is 7.29. The Balaban J connectivity index is 2.76. The third kappa shape index (κ3) is 4.23. The first kappa shape index (κ1) is 18.0. The third-order valence-electron chi connectivity index (χ3n) is 5.73. The average Bonchev–Trinajstić information content (AvgIpc) is 2.36. The zero-order valence-corrected chi connectivity index (χ0v) is 15.0. The summed E-state index contributed by atoms with van der Waals surface area (Å²) < 4.78 is 6.66. The molecule has 0 N–H and O–H groups in total. The van der Waals surface area contributed by atoms with Crippen LogP contribution in [0.3, 0.4) is 0 Å². The van der Waals surface area contributed by atoms with Crippen molar-refractivity contribution in [3.05, 3.63) is 5.92 Å². The van der Waals surface area contributed by atoms with Gasteiger partial charge in [-0.25, -0.2) is 0 Å². The molecule has 1 nitrogen and oxygen atoms in total. The Morgan fingerprint density at radius 2 is 2.00 bits per heavy atom. The van der Waals surface area contributed by atoms with E-state index in [1.165, 1.54) is 44.4 Å². The Bertz CT molecular complexity index is 283. The Morgan fingerprint density at radius 1 is 1.35 bits per heavy atom. The van der Waals surface area contributed by atoms with Gasteiger partial charge in [0.1, 0.15) is 0 Å². The molecule has 3 unspecified atom stereocenters. The molecular formula is C19H37O. The van der Waals surface area contributed by atoms with E-state index in [-0.39, 0.29) is 11.0 Å². The zero-order chi connectivity index (χ0) is 15.4. The van der Waals surface area contributed by atoms with Crippen LogP contribution < -0.4 is 0 Å². The summed E-state index contributed by atoms with van der Waals surface area (Å²) >= 11 is 0. The summed E-state index contributed by atoms with van der Waals surface area (Å²) in [6.07, 6.45) is 7.67. The minimum atomic E-state index is 0.127. The largest absolute Gasteiger partial charge is 0.374 e. The van der Waals surface area contributed by atoms with E-state index in [2.05, 4.69) is 48.5 Å². The van der Waals surface area contributed by atoms with Crippen molar-refractivity contribution in [2.24, 2.45) is 17.3 Å². The van der Waals surface area contributed by atoms with Crippen molar-refractivity contribution >= 4 is 0 Å². The van der Waals surface area contributed by atoms with Gasteiger partial charge in [-0.3, -0.25) is 0 Å². The fourth-order valence-electron chi connectivity index (χ4n) is 3.69. The molecule has 20 heavy (non-hydrogen) atoms. The van der Waals surface area contributed by atoms with Crippen molar-refractivity contribution < 1.29 is 4.74 Å². The lowest BCUT2D eigenvalue weighted by Crippen LogP contribution is -2.45. The summed E-state index contributed by atoms with van der Waals surface area (Å²) in [6.45, 7) is 17.2. The van der Waals surface area contributed by atoms with Crippen molar-refractivity contribution in [2.75, 3.05) is 6.61 Å². The van der Waals surface area contributed by atoms with Gasteiger partial charge < -0.3 is 4.74 Å². The molecule has 0 aromatic rings. The molecule has 1 aliphatic rings. The highest BCUT2D eigenvalue weighted by atomic mass is 16.5. The van der Waals surface area contributed by atoms with Crippen molar-refractivity contribution in [3.63, 3.8) is 0 Å². The minimum absolute atomic E-state index is 0.127. The van der Waals surface area contributed by atoms with Gasteiger partial charge in [0.15, 0.2) is 0 Å². The van der Waals surface area contributed by atoms with Crippen LogP contribution in [-0.2, 0) is 4.74 Å². The molecule has 0 aromatic carbocycles. The SMILES string of the molecule is CCCC(C)(COC1(C(C)C)CCCC(C)C1)[C](C)C. The van der Waals surface area contributed by atoms with Gasteiger partial charge in [-0.1, -0.05) is 67.7 Å². The van der Waals surface area contributed by atoms with Gasteiger partial charge in [-0.2, -0.15) is 0 Å². The van der Waals surface area contributed by atoms with Crippen LogP contribution in [-0.4, -0.2) is 12.2 Å². The van der Waals surface area contributed by atoms with Crippen LogP contribution in [0.5, 0.6) is 0 Å². The van der Waals surface area contributed by atoms with Crippen LogP contribution >= 0.6 is 0 Å². The first-order valence-electron chi connectivity index (χ1n) is 8.70. The predicted molar refractivity (Wildman–Crippen MR) is 88.8 cm³/mol. The van der Waals surface area contributed by atoms with Crippen LogP contribution in [0.2, 0.25) is 0 Å². The van der Waals surface area contributed by atoms with Gasteiger partial charge in [-0.05, 0) is 42.4 Å². The van der Waals surface area contributed by atoms with E-state index in [4.69, 9.17) is 4.74 Å². The summed E-state index contributed by atoms with van der Waals surface area (Å²) in [7, 11) is 0. The molecule has 0 bridgehead atoms. The predicted octanol–water partition coefficient (Wildman–Crippen LogP) is 6.03. The van der Waals surface area contributed by atoms with E-state index in [1.807, 2.05) is 0 Å². The summed E-state index contributed by atoms with van der Waals surface area (Å²) in [5.41, 5.74) is 0.374. The summed E-state index contributed by atoms with van der Waals surface area (Å²) in [6, 6.07) is 0. The number of hydrogen-bond acceptors (Lipinski definition) is 1. The lowest BCUT2D eigenvalue weighted by atomic mass is 9.72. The lowest BCUT2D eigenvalue weighted by molar-refractivity contribution is -0.134. The molecule has 1 radical (unpaired) electrons. The molecule has 0 heterocycles. The Kier molecular flexibility index (Phi) is 6.57. The van der Waals surface area contributed by atoms with Crippen LogP contribution in [0.25, 0.3) is 0 Å². The van der Waals surface area contributed by atoms with Gasteiger partial charge in [0.25, 0.3) is 0 Å². The maximum atomic E-state index is 6.66. The van der Waals surface area contributed by atoms with Gasteiger partial charge >= 0.3 is 0 Å². The molecule has 1 rings (SSSR count). The van der Waals surface area contributed by atoms with Gasteiger partial charge in [0, 0.05) is 0 Å². The van der Waals surface area contributed by atoms with Crippen molar-refractivity contribution in [3.8, 4) is 0 Å². The highest BCUT2D eigenvalue weighted by Gasteiger charge is 2.41. The molecule has 0 aromatic heterocycles. The van der Waals surface area contributed by atoms with Crippen molar-refractivity contribution in [1.82, 2.24) is 0 Å². The molecule has 1 fully saturated rings. The van der Waals surface area contributed by atoms with E-state index < -0.39 is 0 Å². The molecule has 3 atom stereocenters. The molecule has 1 aliphatic carbocycles. The fraction of sp³-hybridized carbons (Fsp3) is 0.947. The molecule has 119 valence electrons. The van der Waals surface area contributed by atoms with Gasteiger partial charge in [0.2, 0.25) is 0 Å². The van der Waals surface area contributed by atoms with E-state index in [1.54, 1.807) is 0 Å². The van der Waals surface area contributed by atoms with Crippen LogP contribution in [0.1, 0.15) is 87.0 Å². The molecule has 1 saturated carbocycles. The topological polar surface area (TPSA) is 9.23 Å². The lowest BCUT2D eigenvalue weighted by Gasteiger charge is -2.46. The highest BCUT2D eigenvalue weighted by Crippen LogP contribution is 2.43. The fourth-order valence-corrected chi connectivity index (χ4v) is 3.69. The highest BCUT2D eigenvalue weighted by molar-refractivity contribution is 4.99. The van der Waals surface area contributed by atoms with E-state index in [9.17, 15) is 0 Å². The number of ether oxygens (including phenoxy) is 1. The van der Waals surface area contributed by atoms with Crippen molar-refractivity contribution in [2.45, 2.75) is 92.6 Å². The molecule has 0 amide bonds. The van der Waals surface area contributed by atoms with E-state index >= 15 is 0 Å². The zero-order valence-electron chi connectivity index (χ0n) is 15.0. The summed E-state index contributed by atoms with van der Waals surface area (Å²) in [4.78, 5) is 0.